The maximum Gasteiger partial charge on any atom is 0.334 e. The van der Waals surface area contributed by atoms with Gasteiger partial charge in [-0.05, 0) is 18.2 Å². The molecule has 0 aromatic heterocycles. The van der Waals surface area contributed by atoms with Gasteiger partial charge in [-0.2, -0.15) is 0 Å². The van der Waals surface area contributed by atoms with Gasteiger partial charge in [0.25, 0.3) is 5.69 Å². The van der Waals surface area contributed by atoms with Crippen LogP contribution in [0.5, 0.6) is 5.75 Å². The monoisotopic (exact) mass is 327 g/mol. The quantitative estimate of drug-likeness (QED) is 0.386. The molecule has 0 spiro atoms. The number of non-ortho nitro benzene ring substituents is 1. The molecule has 0 bridgehead atoms. The van der Waals surface area contributed by atoms with Gasteiger partial charge in [0.05, 0.1) is 17.0 Å². The van der Waals surface area contributed by atoms with Crippen molar-refractivity contribution in [2.45, 2.75) is 12.5 Å². The number of nitro benzene ring substituents is 1. The molecule has 0 radical (unpaired) electrons. The highest BCUT2D eigenvalue weighted by Crippen LogP contribution is 2.29. The zero-order chi connectivity index (χ0) is 17.1. The van der Waals surface area contributed by atoms with Crippen LogP contribution in [0.1, 0.15) is 6.42 Å². The fourth-order valence-corrected chi connectivity index (χ4v) is 2.33. The first-order chi connectivity index (χ1) is 11.5. The molecule has 3 rings (SSSR count). The van der Waals surface area contributed by atoms with E-state index in [9.17, 15) is 19.7 Å². The first kappa shape index (κ1) is 15.5. The first-order valence-corrected chi connectivity index (χ1v) is 7.14. The van der Waals surface area contributed by atoms with Crippen molar-refractivity contribution in [1.82, 2.24) is 0 Å². The molecule has 0 unspecified atom stereocenters. The summed E-state index contributed by atoms with van der Waals surface area (Å²) in [7, 11) is 0. The highest BCUT2D eigenvalue weighted by molar-refractivity contribution is 5.97. The zero-order valence-corrected chi connectivity index (χ0v) is 12.4. The average Bonchev–Trinajstić information content (AvgIpc) is 2.55. The van der Waals surface area contributed by atoms with Crippen LogP contribution < -0.4 is 15.4 Å². The Bertz CT molecular complexity index is 821. The number of nitro groups is 1. The number of amides is 1. The van der Waals surface area contributed by atoms with E-state index < -0.39 is 22.8 Å². The Morgan fingerprint density at radius 2 is 2.04 bits per heavy atom. The Morgan fingerprint density at radius 1 is 1.25 bits per heavy atom. The van der Waals surface area contributed by atoms with Gasteiger partial charge in [0.2, 0.25) is 5.91 Å². The Kier molecular flexibility index (Phi) is 4.11. The average molecular weight is 327 g/mol. The first-order valence-electron chi connectivity index (χ1n) is 7.14. The summed E-state index contributed by atoms with van der Waals surface area (Å²) in [6.07, 6.45) is -0.157. The highest BCUT2D eigenvalue weighted by Gasteiger charge is 2.29. The summed E-state index contributed by atoms with van der Waals surface area (Å²) in [5.41, 5.74) is 0.793. The number of carbonyl (C=O) groups excluding carboxylic acids is 2. The predicted octanol–water partition coefficient (Wildman–Crippen LogP) is 2.32. The number of nitrogens with one attached hydrogen (secondary N) is 2. The van der Waals surface area contributed by atoms with Crippen LogP contribution in [-0.2, 0) is 9.59 Å². The van der Waals surface area contributed by atoms with E-state index in [0.717, 1.165) is 0 Å². The molecule has 122 valence electrons. The number of nitrogens with zero attached hydrogens (tertiary/aromatic N) is 1. The smallest absolute Gasteiger partial charge is 0.334 e. The fraction of sp³-hybridized carbons (Fsp3) is 0.125. The normalized spacial score (nSPS) is 15.7. The Morgan fingerprint density at radius 3 is 2.83 bits per heavy atom. The van der Waals surface area contributed by atoms with Gasteiger partial charge < -0.3 is 15.4 Å². The van der Waals surface area contributed by atoms with Crippen molar-refractivity contribution >= 4 is 28.9 Å². The van der Waals surface area contributed by atoms with Gasteiger partial charge >= 0.3 is 5.97 Å². The maximum absolute atomic E-state index is 12.1. The molecule has 2 aromatic carbocycles. The van der Waals surface area contributed by atoms with Gasteiger partial charge in [0.15, 0.2) is 5.75 Å². The van der Waals surface area contributed by atoms with Crippen LogP contribution in [0, 0.1) is 10.1 Å². The molecule has 0 fully saturated rings. The summed E-state index contributed by atoms with van der Waals surface area (Å²) in [6, 6.07) is 11.7. The molecular weight excluding hydrogens is 314 g/mol. The molecule has 1 amide bonds. The van der Waals surface area contributed by atoms with E-state index in [0.29, 0.717) is 17.1 Å². The largest absolute Gasteiger partial charge is 0.423 e. The van der Waals surface area contributed by atoms with Crippen molar-refractivity contribution in [3.05, 3.63) is 58.6 Å². The second-order valence-electron chi connectivity index (χ2n) is 5.17. The van der Waals surface area contributed by atoms with Gasteiger partial charge in [-0.1, -0.05) is 18.2 Å². The third-order valence-electron chi connectivity index (χ3n) is 3.44. The minimum Gasteiger partial charge on any atom is -0.423 e. The standard InChI is InChI=1S/C16H13N3O5/c20-15(17-10-4-3-5-11(8-10)19(22)23)9-13-16(21)24-14-7-2-1-6-12(14)18-13/h1-8,13,18H,9H2,(H,17,20)/t13-/m1/s1. The SMILES string of the molecule is O=C(C[C@H]1Nc2ccccc2OC1=O)Nc1cccc([N+](=O)[O-])c1. The van der Waals surface area contributed by atoms with Crippen molar-refractivity contribution < 1.29 is 19.2 Å². The number of para-hydroxylation sites is 2. The van der Waals surface area contributed by atoms with E-state index in [2.05, 4.69) is 10.6 Å². The Labute approximate surface area is 136 Å². The summed E-state index contributed by atoms with van der Waals surface area (Å²) >= 11 is 0. The second kappa shape index (κ2) is 6.37. The Balaban J connectivity index is 1.66. The van der Waals surface area contributed by atoms with Gasteiger partial charge in [0, 0.05) is 17.8 Å². The number of rotatable bonds is 4. The van der Waals surface area contributed by atoms with Crippen molar-refractivity contribution in [2.24, 2.45) is 0 Å². The van der Waals surface area contributed by atoms with Crippen molar-refractivity contribution in [3.8, 4) is 5.75 Å². The molecule has 24 heavy (non-hydrogen) atoms. The summed E-state index contributed by atoms with van der Waals surface area (Å²) < 4.78 is 5.18. The number of esters is 1. The minimum atomic E-state index is -0.821. The highest BCUT2D eigenvalue weighted by atomic mass is 16.6. The summed E-state index contributed by atoms with van der Waals surface area (Å²) in [4.78, 5) is 34.2. The lowest BCUT2D eigenvalue weighted by Crippen LogP contribution is -2.39. The van der Waals surface area contributed by atoms with Crippen LogP contribution in [0.2, 0.25) is 0 Å². The molecule has 1 heterocycles. The summed E-state index contributed by atoms with van der Waals surface area (Å²) in [5.74, 6) is -0.593. The summed E-state index contributed by atoms with van der Waals surface area (Å²) in [6.45, 7) is 0. The minimum absolute atomic E-state index is 0.128. The van der Waals surface area contributed by atoms with Gasteiger partial charge in [-0.25, -0.2) is 4.79 Å². The van der Waals surface area contributed by atoms with Crippen LogP contribution in [0.25, 0.3) is 0 Å². The van der Waals surface area contributed by atoms with Crippen molar-refractivity contribution in [3.63, 3.8) is 0 Å². The van der Waals surface area contributed by atoms with Crippen LogP contribution in [0.3, 0.4) is 0 Å². The third kappa shape index (κ3) is 3.32. The van der Waals surface area contributed by atoms with E-state index in [1.165, 1.54) is 24.3 Å². The van der Waals surface area contributed by atoms with Crippen LogP contribution in [-0.4, -0.2) is 22.8 Å². The molecule has 8 nitrogen and oxygen atoms in total. The van der Waals surface area contributed by atoms with Crippen LogP contribution in [0.4, 0.5) is 17.1 Å². The third-order valence-corrected chi connectivity index (χ3v) is 3.44. The van der Waals surface area contributed by atoms with E-state index in [1.54, 1.807) is 24.3 Å². The van der Waals surface area contributed by atoms with Gasteiger partial charge in [0.1, 0.15) is 6.04 Å². The molecule has 2 N–H and O–H groups in total. The number of ether oxygens (including phenoxy) is 1. The lowest BCUT2D eigenvalue weighted by Gasteiger charge is -2.24. The van der Waals surface area contributed by atoms with E-state index in [1.807, 2.05) is 0 Å². The van der Waals surface area contributed by atoms with Crippen molar-refractivity contribution in [2.75, 3.05) is 10.6 Å². The lowest BCUT2D eigenvalue weighted by molar-refractivity contribution is -0.384. The topological polar surface area (TPSA) is 111 Å². The molecular formula is C16H13N3O5. The van der Waals surface area contributed by atoms with E-state index >= 15 is 0 Å². The van der Waals surface area contributed by atoms with E-state index in [-0.39, 0.29) is 12.1 Å². The molecule has 8 heteroatoms. The summed E-state index contributed by atoms with van der Waals surface area (Å²) in [5, 5.41) is 16.2. The van der Waals surface area contributed by atoms with Crippen LogP contribution in [0.15, 0.2) is 48.5 Å². The number of anilines is 2. The predicted molar refractivity (Wildman–Crippen MR) is 85.8 cm³/mol. The molecule has 0 aliphatic carbocycles. The molecule has 0 saturated heterocycles. The lowest BCUT2D eigenvalue weighted by atomic mass is 10.1. The number of hydrogen-bond donors (Lipinski definition) is 2. The number of hydrogen-bond acceptors (Lipinski definition) is 6. The second-order valence-corrected chi connectivity index (χ2v) is 5.17. The number of carbonyl (C=O) groups is 2. The van der Waals surface area contributed by atoms with Crippen LogP contribution >= 0.6 is 0 Å². The van der Waals surface area contributed by atoms with Gasteiger partial charge in [-0.15, -0.1) is 0 Å². The molecule has 1 aliphatic heterocycles. The maximum atomic E-state index is 12.1. The molecule has 0 saturated carbocycles. The van der Waals surface area contributed by atoms with Crippen molar-refractivity contribution in [1.29, 1.82) is 0 Å². The molecule has 1 aliphatic rings. The fourth-order valence-electron chi connectivity index (χ4n) is 2.33. The molecule has 2 aromatic rings. The van der Waals surface area contributed by atoms with E-state index in [4.69, 9.17) is 4.74 Å². The van der Waals surface area contributed by atoms with Gasteiger partial charge in [-0.3, -0.25) is 14.9 Å². The molecule has 1 atom stereocenters. The zero-order valence-electron chi connectivity index (χ0n) is 12.4. The number of fused-ring (bicyclic) bond motifs is 1. The number of benzene rings is 2. The Hall–Kier alpha value is -3.42.